The van der Waals surface area contributed by atoms with Crippen molar-refractivity contribution >= 4 is 27.5 Å². The number of hydrogen-bond acceptors (Lipinski definition) is 4. The maximum Gasteiger partial charge on any atom is 0.264 e. The summed E-state index contributed by atoms with van der Waals surface area (Å²) in [4.78, 5) is 29.6. The van der Waals surface area contributed by atoms with Gasteiger partial charge >= 0.3 is 0 Å². The molecule has 0 bridgehead atoms. The van der Waals surface area contributed by atoms with Gasteiger partial charge in [0.15, 0.2) is 0 Å². The van der Waals surface area contributed by atoms with Gasteiger partial charge in [0.25, 0.3) is 10.0 Å². The topological polar surface area (TPSA) is 86.8 Å². The van der Waals surface area contributed by atoms with Gasteiger partial charge in [-0.3, -0.25) is 13.9 Å². The minimum absolute atomic E-state index is 0.0427. The van der Waals surface area contributed by atoms with Gasteiger partial charge in [-0.25, -0.2) is 12.8 Å². The van der Waals surface area contributed by atoms with E-state index in [2.05, 4.69) is 5.32 Å². The van der Waals surface area contributed by atoms with Gasteiger partial charge < -0.3 is 10.2 Å². The fourth-order valence-corrected chi connectivity index (χ4v) is 6.22. The number of amides is 2. The molecule has 0 saturated heterocycles. The molecule has 230 valence electrons. The summed E-state index contributed by atoms with van der Waals surface area (Å²) < 4.78 is 43.8. The van der Waals surface area contributed by atoms with Crippen LogP contribution in [0.5, 0.6) is 0 Å². The van der Waals surface area contributed by atoms with Crippen LogP contribution in [0.3, 0.4) is 0 Å². The molecular weight excluding hydrogens is 577 g/mol. The standard InChI is InChI=1S/C35H38FN3O4S/c1-4-27(3)37-35(41)33(23-28-13-7-5-8-14-28)38(24-29-21-19-26(2)20-22-29)34(40)25-39(32-18-12-11-17-31(32)36)44(42,43)30-15-9-6-10-16-30/h5-22,27,33H,4,23-25H2,1-3H3,(H,37,41)/t27-,33-/m1/s1. The summed E-state index contributed by atoms with van der Waals surface area (Å²) in [6.45, 7) is 5.11. The van der Waals surface area contributed by atoms with Crippen molar-refractivity contribution in [2.24, 2.45) is 0 Å². The molecule has 0 aliphatic carbocycles. The Labute approximate surface area is 259 Å². The zero-order chi connectivity index (χ0) is 31.7. The van der Waals surface area contributed by atoms with E-state index in [1.807, 2.05) is 75.4 Å². The first-order chi connectivity index (χ1) is 21.1. The molecule has 0 saturated carbocycles. The van der Waals surface area contributed by atoms with Crippen LogP contribution in [-0.2, 0) is 32.6 Å². The largest absolute Gasteiger partial charge is 0.352 e. The molecule has 4 aromatic rings. The summed E-state index contributed by atoms with van der Waals surface area (Å²) in [5.74, 6) is -1.79. The van der Waals surface area contributed by atoms with Gasteiger partial charge in [0.2, 0.25) is 11.8 Å². The summed E-state index contributed by atoms with van der Waals surface area (Å²) in [7, 11) is -4.37. The van der Waals surface area contributed by atoms with Crippen LogP contribution in [0.15, 0.2) is 114 Å². The Morgan fingerprint density at radius 2 is 1.41 bits per heavy atom. The number of carbonyl (C=O) groups excluding carboxylic acids is 2. The molecule has 9 heteroatoms. The number of hydrogen-bond donors (Lipinski definition) is 1. The lowest BCUT2D eigenvalue weighted by molar-refractivity contribution is -0.140. The van der Waals surface area contributed by atoms with E-state index >= 15 is 4.39 Å². The lowest BCUT2D eigenvalue weighted by Crippen LogP contribution is -2.54. The third-order valence-corrected chi connectivity index (χ3v) is 9.25. The van der Waals surface area contributed by atoms with E-state index in [-0.39, 0.29) is 35.5 Å². The number of benzene rings is 4. The molecule has 44 heavy (non-hydrogen) atoms. The van der Waals surface area contributed by atoms with Crippen molar-refractivity contribution in [2.45, 2.75) is 57.1 Å². The zero-order valence-corrected chi connectivity index (χ0v) is 26.0. The number of rotatable bonds is 13. The number of halogens is 1. The fraction of sp³-hybridized carbons (Fsp3) is 0.257. The van der Waals surface area contributed by atoms with Crippen molar-refractivity contribution in [1.82, 2.24) is 10.2 Å². The number of carbonyl (C=O) groups is 2. The molecular formula is C35H38FN3O4S. The van der Waals surface area contributed by atoms with Crippen molar-refractivity contribution in [3.05, 3.63) is 132 Å². The molecule has 0 aromatic heterocycles. The van der Waals surface area contributed by atoms with Gasteiger partial charge in [-0.2, -0.15) is 0 Å². The molecule has 7 nitrogen and oxygen atoms in total. The lowest BCUT2D eigenvalue weighted by Gasteiger charge is -2.34. The molecule has 0 spiro atoms. The van der Waals surface area contributed by atoms with E-state index in [1.54, 1.807) is 18.2 Å². The maximum absolute atomic E-state index is 15.2. The van der Waals surface area contributed by atoms with Crippen LogP contribution in [-0.4, -0.2) is 43.8 Å². The van der Waals surface area contributed by atoms with E-state index in [9.17, 15) is 18.0 Å². The van der Waals surface area contributed by atoms with E-state index < -0.39 is 34.3 Å². The smallest absolute Gasteiger partial charge is 0.264 e. The average molecular weight is 616 g/mol. The van der Waals surface area contributed by atoms with Crippen molar-refractivity contribution < 1.29 is 22.4 Å². The number of anilines is 1. The van der Waals surface area contributed by atoms with Gasteiger partial charge in [0.05, 0.1) is 10.6 Å². The predicted molar refractivity (Wildman–Crippen MR) is 171 cm³/mol. The minimum Gasteiger partial charge on any atom is -0.352 e. The Morgan fingerprint density at radius 1 is 0.818 bits per heavy atom. The highest BCUT2D eigenvalue weighted by atomic mass is 32.2. The normalized spacial score (nSPS) is 12.6. The molecule has 2 atom stereocenters. The van der Waals surface area contributed by atoms with Gasteiger partial charge in [0, 0.05) is 19.0 Å². The Balaban J connectivity index is 1.81. The second-order valence-corrected chi connectivity index (χ2v) is 12.7. The maximum atomic E-state index is 15.2. The minimum atomic E-state index is -4.37. The van der Waals surface area contributed by atoms with Gasteiger partial charge in [-0.15, -0.1) is 0 Å². The molecule has 0 heterocycles. The molecule has 4 aromatic carbocycles. The molecule has 0 unspecified atom stereocenters. The van der Waals surface area contributed by atoms with Crippen molar-refractivity contribution in [3.63, 3.8) is 0 Å². The zero-order valence-electron chi connectivity index (χ0n) is 25.2. The summed E-state index contributed by atoms with van der Waals surface area (Å²) in [5, 5.41) is 3.01. The Morgan fingerprint density at radius 3 is 2.02 bits per heavy atom. The molecule has 0 fully saturated rings. The number of sulfonamides is 1. The van der Waals surface area contributed by atoms with Crippen LogP contribution in [0, 0.1) is 12.7 Å². The molecule has 4 rings (SSSR count). The summed E-state index contributed by atoms with van der Waals surface area (Å²) >= 11 is 0. The van der Waals surface area contributed by atoms with Crippen LogP contribution in [0.4, 0.5) is 10.1 Å². The number of nitrogens with one attached hydrogen (secondary N) is 1. The third kappa shape index (κ3) is 8.11. The van der Waals surface area contributed by atoms with E-state index in [4.69, 9.17) is 0 Å². The van der Waals surface area contributed by atoms with Crippen molar-refractivity contribution in [2.75, 3.05) is 10.8 Å². The quantitative estimate of drug-likeness (QED) is 0.203. The molecule has 1 N–H and O–H groups in total. The SMILES string of the molecule is CC[C@@H](C)NC(=O)[C@@H](Cc1ccccc1)N(Cc1ccc(C)cc1)C(=O)CN(c1ccccc1F)S(=O)(=O)c1ccccc1. The lowest BCUT2D eigenvalue weighted by atomic mass is 10.0. The van der Waals surface area contributed by atoms with Crippen molar-refractivity contribution in [3.8, 4) is 0 Å². The van der Waals surface area contributed by atoms with E-state index in [1.165, 1.54) is 35.2 Å². The molecule has 0 aliphatic heterocycles. The predicted octanol–water partition coefficient (Wildman–Crippen LogP) is 5.88. The summed E-state index contributed by atoms with van der Waals surface area (Å²) in [6.07, 6.45) is 0.887. The highest BCUT2D eigenvalue weighted by Crippen LogP contribution is 2.27. The first-order valence-electron chi connectivity index (χ1n) is 14.6. The van der Waals surface area contributed by atoms with Crippen LogP contribution in [0.25, 0.3) is 0 Å². The Bertz CT molecular complexity index is 1650. The van der Waals surface area contributed by atoms with Gasteiger partial charge in [0.1, 0.15) is 18.4 Å². The average Bonchev–Trinajstić information content (AvgIpc) is 3.03. The molecule has 2 amide bonds. The summed E-state index contributed by atoms with van der Waals surface area (Å²) in [5.41, 5.74) is 2.37. The first kappa shape index (κ1) is 32.4. The van der Waals surface area contributed by atoms with E-state index in [0.717, 1.165) is 27.1 Å². The number of nitrogens with zero attached hydrogens (tertiary/aromatic N) is 2. The number of aryl methyl sites for hydroxylation is 1. The highest BCUT2D eigenvalue weighted by Gasteiger charge is 2.35. The molecule has 0 radical (unpaired) electrons. The fourth-order valence-electron chi connectivity index (χ4n) is 4.77. The third-order valence-electron chi connectivity index (χ3n) is 7.48. The molecule has 0 aliphatic rings. The highest BCUT2D eigenvalue weighted by molar-refractivity contribution is 7.92. The number of para-hydroxylation sites is 1. The van der Waals surface area contributed by atoms with Crippen LogP contribution in [0.2, 0.25) is 0 Å². The van der Waals surface area contributed by atoms with Crippen LogP contribution < -0.4 is 9.62 Å². The van der Waals surface area contributed by atoms with E-state index in [0.29, 0.717) is 6.42 Å². The Kier molecular flexibility index (Phi) is 10.9. The van der Waals surface area contributed by atoms with Crippen molar-refractivity contribution in [1.29, 1.82) is 0 Å². The van der Waals surface area contributed by atoms with Gasteiger partial charge in [-0.05, 0) is 55.7 Å². The second-order valence-electron chi connectivity index (χ2n) is 10.8. The second kappa shape index (κ2) is 14.8. The van der Waals surface area contributed by atoms with Crippen LogP contribution in [0.1, 0.15) is 37.0 Å². The first-order valence-corrected chi connectivity index (χ1v) is 16.1. The Hall–Kier alpha value is -4.50. The summed E-state index contributed by atoms with van der Waals surface area (Å²) in [6, 6.07) is 28.8. The van der Waals surface area contributed by atoms with Crippen LogP contribution >= 0.6 is 0 Å². The monoisotopic (exact) mass is 615 g/mol. The van der Waals surface area contributed by atoms with Gasteiger partial charge in [-0.1, -0.05) is 97.4 Å².